The Labute approximate surface area is 121 Å². The number of aromatic nitrogens is 2. The Kier molecular flexibility index (Phi) is 4.05. The van der Waals surface area contributed by atoms with Crippen LogP contribution in [-0.4, -0.2) is 21.6 Å². The highest BCUT2D eigenvalue weighted by Gasteiger charge is 2.16. The van der Waals surface area contributed by atoms with Gasteiger partial charge in [-0.3, -0.25) is 9.59 Å². The van der Waals surface area contributed by atoms with Crippen molar-refractivity contribution in [3.05, 3.63) is 41.7 Å². The van der Waals surface area contributed by atoms with Gasteiger partial charge in [0, 0.05) is 12.0 Å². The third kappa shape index (κ3) is 3.09. The predicted octanol–water partition coefficient (Wildman–Crippen LogP) is 1.30. The molecule has 0 saturated heterocycles. The highest BCUT2D eigenvalue weighted by molar-refractivity contribution is 6.01. The van der Waals surface area contributed by atoms with Crippen molar-refractivity contribution in [1.82, 2.24) is 9.78 Å². The number of rotatable bonds is 4. The number of primary amides is 1. The van der Waals surface area contributed by atoms with Crippen LogP contribution in [0.5, 0.6) is 0 Å². The maximum atomic E-state index is 11.5. The van der Waals surface area contributed by atoms with Crippen LogP contribution in [0.1, 0.15) is 29.4 Å². The minimum atomic E-state index is -0.715. The minimum absolute atomic E-state index is 0.00270. The molecule has 6 nitrogen and oxygen atoms in total. The molecule has 0 atom stereocenters. The Balaban J connectivity index is 2.46. The number of carbonyl (C=O) groups excluding carboxylic acids is 2. The summed E-state index contributed by atoms with van der Waals surface area (Å²) in [7, 11) is 0. The number of benzene rings is 1. The number of anilines is 1. The number of hydrogen-bond acceptors (Lipinski definition) is 3. The van der Waals surface area contributed by atoms with Gasteiger partial charge in [0.15, 0.2) is 5.69 Å². The number of nitrogens with zero attached hydrogens (tertiary/aromatic N) is 2. The molecular formula is C15H14N4O2. The van der Waals surface area contributed by atoms with E-state index in [4.69, 9.17) is 12.2 Å². The maximum Gasteiger partial charge on any atom is 0.271 e. The highest BCUT2D eigenvalue weighted by Crippen LogP contribution is 2.18. The highest BCUT2D eigenvalue weighted by atomic mass is 16.2. The molecule has 1 aromatic heterocycles. The molecule has 1 aromatic carbocycles. The summed E-state index contributed by atoms with van der Waals surface area (Å²) in [4.78, 5) is 22.9. The van der Waals surface area contributed by atoms with Crippen LogP contribution in [0.3, 0.4) is 0 Å². The molecule has 0 fully saturated rings. The van der Waals surface area contributed by atoms with Gasteiger partial charge in [0.25, 0.3) is 5.91 Å². The van der Waals surface area contributed by atoms with Crippen molar-refractivity contribution in [3.8, 4) is 18.0 Å². The van der Waals surface area contributed by atoms with Crippen molar-refractivity contribution in [2.75, 3.05) is 5.32 Å². The molecule has 0 radical (unpaired) electrons. The average molecular weight is 282 g/mol. The third-order valence-electron chi connectivity index (χ3n) is 2.82. The molecule has 0 saturated carbocycles. The van der Waals surface area contributed by atoms with Crippen LogP contribution < -0.4 is 11.1 Å². The van der Waals surface area contributed by atoms with Crippen LogP contribution in [0.4, 0.5) is 5.69 Å². The van der Waals surface area contributed by atoms with E-state index in [1.165, 1.54) is 10.9 Å². The van der Waals surface area contributed by atoms with Crippen LogP contribution >= 0.6 is 0 Å². The number of carbonyl (C=O) groups is 2. The quantitative estimate of drug-likeness (QED) is 0.828. The molecular weight excluding hydrogens is 268 g/mol. The van der Waals surface area contributed by atoms with Crippen molar-refractivity contribution < 1.29 is 9.59 Å². The van der Waals surface area contributed by atoms with E-state index in [1.807, 2.05) is 0 Å². The van der Waals surface area contributed by atoms with E-state index in [9.17, 15) is 9.59 Å². The van der Waals surface area contributed by atoms with E-state index >= 15 is 0 Å². The molecule has 3 N–H and O–H groups in total. The molecule has 6 heteroatoms. The van der Waals surface area contributed by atoms with Crippen LogP contribution in [-0.2, 0) is 4.79 Å². The van der Waals surface area contributed by atoms with Gasteiger partial charge in [-0.05, 0) is 18.2 Å². The lowest BCUT2D eigenvalue weighted by molar-refractivity contribution is -0.115. The smallest absolute Gasteiger partial charge is 0.271 e. The predicted molar refractivity (Wildman–Crippen MR) is 78.9 cm³/mol. The molecule has 1 heterocycles. The Hall–Kier alpha value is -3.07. The van der Waals surface area contributed by atoms with Crippen LogP contribution in [0.25, 0.3) is 5.69 Å². The van der Waals surface area contributed by atoms with Gasteiger partial charge in [0.05, 0.1) is 17.6 Å². The van der Waals surface area contributed by atoms with Gasteiger partial charge in [0.2, 0.25) is 5.91 Å². The van der Waals surface area contributed by atoms with Gasteiger partial charge in [-0.1, -0.05) is 18.9 Å². The van der Waals surface area contributed by atoms with Crippen LogP contribution in [0.2, 0.25) is 0 Å². The molecule has 0 aliphatic heterocycles. The summed E-state index contributed by atoms with van der Waals surface area (Å²) in [5, 5.41) is 6.70. The first-order valence-corrected chi connectivity index (χ1v) is 6.31. The van der Waals surface area contributed by atoms with Crippen LogP contribution in [0, 0.1) is 12.3 Å². The number of hydrogen-bond donors (Lipinski definition) is 2. The summed E-state index contributed by atoms with van der Waals surface area (Å²) < 4.78 is 1.45. The fourth-order valence-corrected chi connectivity index (χ4v) is 1.76. The molecule has 106 valence electrons. The maximum absolute atomic E-state index is 11.5. The molecule has 2 aromatic rings. The second-order valence-electron chi connectivity index (χ2n) is 4.30. The lowest BCUT2D eigenvalue weighted by atomic mass is 10.2. The molecule has 0 aliphatic rings. The minimum Gasteiger partial charge on any atom is -0.364 e. The zero-order valence-corrected chi connectivity index (χ0v) is 11.5. The van der Waals surface area contributed by atoms with Crippen molar-refractivity contribution in [2.24, 2.45) is 5.73 Å². The molecule has 2 rings (SSSR count). The number of terminal acetylenes is 1. The van der Waals surface area contributed by atoms with Gasteiger partial charge in [-0.25, -0.2) is 4.68 Å². The van der Waals surface area contributed by atoms with E-state index < -0.39 is 5.91 Å². The Morgan fingerprint density at radius 1 is 1.48 bits per heavy atom. The summed E-state index contributed by atoms with van der Waals surface area (Å²) in [6, 6.07) is 7.08. The lowest BCUT2D eigenvalue weighted by Gasteiger charge is -2.01. The Morgan fingerprint density at radius 3 is 2.86 bits per heavy atom. The summed E-state index contributed by atoms with van der Waals surface area (Å²) in [5.74, 6) is 1.58. The fourth-order valence-electron chi connectivity index (χ4n) is 1.76. The monoisotopic (exact) mass is 282 g/mol. The summed E-state index contributed by atoms with van der Waals surface area (Å²) >= 11 is 0. The number of nitrogens with one attached hydrogen (secondary N) is 1. The third-order valence-corrected chi connectivity index (χ3v) is 2.82. The molecule has 21 heavy (non-hydrogen) atoms. The van der Waals surface area contributed by atoms with Crippen LogP contribution in [0.15, 0.2) is 30.5 Å². The summed E-state index contributed by atoms with van der Waals surface area (Å²) in [6.45, 7) is 1.71. The fraction of sp³-hybridized carbons (Fsp3) is 0.133. The van der Waals surface area contributed by atoms with Gasteiger partial charge in [-0.2, -0.15) is 5.10 Å². The Morgan fingerprint density at radius 2 is 2.24 bits per heavy atom. The van der Waals surface area contributed by atoms with Crippen molar-refractivity contribution in [2.45, 2.75) is 13.3 Å². The first kappa shape index (κ1) is 14.3. The van der Waals surface area contributed by atoms with Crippen molar-refractivity contribution in [1.29, 1.82) is 0 Å². The molecule has 0 bridgehead atoms. The molecule has 0 unspecified atom stereocenters. The SMILES string of the molecule is C#Cc1cccc(-n2cc(NC(=O)CC)c(C(N)=O)n2)c1. The van der Waals surface area contributed by atoms with E-state index in [0.29, 0.717) is 11.3 Å². The van der Waals surface area contributed by atoms with E-state index in [1.54, 1.807) is 31.2 Å². The second kappa shape index (κ2) is 5.92. The van der Waals surface area contributed by atoms with Gasteiger partial charge >= 0.3 is 0 Å². The second-order valence-corrected chi connectivity index (χ2v) is 4.30. The summed E-state index contributed by atoms with van der Waals surface area (Å²) in [6.07, 6.45) is 7.17. The molecule has 2 amide bonds. The lowest BCUT2D eigenvalue weighted by Crippen LogP contribution is -2.17. The zero-order chi connectivity index (χ0) is 15.4. The number of nitrogens with two attached hydrogens (primary N) is 1. The standard InChI is InChI=1S/C15H14N4O2/c1-3-10-6-5-7-11(8-10)19-9-12(17-13(20)4-2)14(18-19)15(16)21/h1,5-9H,4H2,2H3,(H2,16,21)(H,17,20). The van der Waals surface area contributed by atoms with E-state index in [-0.39, 0.29) is 23.7 Å². The normalized spacial score (nSPS) is 9.90. The first-order valence-electron chi connectivity index (χ1n) is 6.31. The first-order chi connectivity index (χ1) is 10.0. The summed E-state index contributed by atoms with van der Waals surface area (Å²) in [5.41, 5.74) is 6.92. The molecule has 0 spiro atoms. The molecule has 0 aliphatic carbocycles. The van der Waals surface area contributed by atoms with Gasteiger partial charge in [-0.15, -0.1) is 6.42 Å². The zero-order valence-electron chi connectivity index (χ0n) is 11.5. The van der Waals surface area contributed by atoms with Gasteiger partial charge in [0.1, 0.15) is 0 Å². The largest absolute Gasteiger partial charge is 0.364 e. The van der Waals surface area contributed by atoms with Crippen molar-refractivity contribution >= 4 is 17.5 Å². The average Bonchev–Trinajstić information content (AvgIpc) is 2.91. The number of amides is 2. The van der Waals surface area contributed by atoms with Gasteiger partial charge < -0.3 is 11.1 Å². The van der Waals surface area contributed by atoms with E-state index in [2.05, 4.69) is 16.3 Å². The Bertz CT molecular complexity index is 740. The topological polar surface area (TPSA) is 90.0 Å². The van der Waals surface area contributed by atoms with Crippen molar-refractivity contribution in [3.63, 3.8) is 0 Å². The van der Waals surface area contributed by atoms with E-state index in [0.717, 1.165) is 0 Å².